The van der Waals surface area contributed by atoms with Crippen LogP contribution >= 0.6 is 0 Å². The van der Waals surface area contributed by atoms with Crippen LogP contribution in [-0.2, 0) is 17.8 Å². The fourth-order valence-electron chi connectivity index (χ4n) is 3.93. The number of rotatable bonds is 6. The minimum absolute atomic E-state index is 0.0112. The second-order valence-electron chi connectivity index (χ2n) is 7.54. The molecule has 0 aromatic heterocycles. The van der Waals surface area contributed by atoms with Gasteiger partial charge in [-0.3, -0.25) is 4.79 Å². The van der Waals surface area contributed by atoms with Gasteiger partial charge in [-0.25, -0.2) is 0 Å². The first kappa shape index (κ1) is 18.7. The predicted octanol–water partition coefficient (Wildman–Crippen LogP) is 3.88. The maximum Gasteiger partial charge on any atom is 0.227 e. The number of methoxy groups -OCH3 is 1. The second-order valence-corrected chi connectivity index (χ2v) is 7.54. The van der Waals surface area contributed by atoms with E-state index in [0.717, 1.165) is 41.2 Å². The van der Waals surface area contributed by atoms with E-state index in [4.69, 9.17) is 14.2 Å². The number of fused-ring (bicyclic) bond motifs is 1. The molecule has 2 aromatic rings. The number of nitrogens with one attached hydrogen (secondary N) is 1. The maximum absolute atomic E-state index is 12.7. The van der Waals surface area contributed by atoms with E-state index >= 15 is 0 Å². The van der Waals surface area contributed by atoms with Crippen LogP contribution < -0.4 is 19.5 Å². The van der Waals surface area contributed by atoms with E-state index in [1.807, 2.05) is 42.5 Å². The van der Waals surface area contributed by atoms with Crippen LogP contribution in [0.15, 0.2) is 42.5 Å². The lowest BCUT2D eigenvalue weighted by Crippen LogP contribution is -2.37. The summed E-state index contributed by atoms with van der Waals surface area (Å²) in [6.45, 7) is 0.847. The molecule has 1 aliphatic carbocycles. The number of ether oxygens (including phenoxy) is 3. The topological polar surface area (TPSA) is 56.8 Å². The van der Waals surface area contributed by atoms with Crippen molar-refractivity contribution >= 4 is 5.91 Å². The van der Waals surface area contributed by atoms with Gasteiger partial charge in [0.2, 0.25) is 5.91 Å². The van der Waals surface area contributed by atoms with E-state index in [-0.39, 0.29) is 11.8 Å². The summed E-state index contributed by atoms with van der Waals surface area (Å²) >= 11 is 0. The molecule has 1 unspecified atom stereocenters. The van der Waals surface area contributed by atoms with Gasteiger partial charge in [-0.15, -0.1) is 0 Å². The monoisotopic (exact) mass is 381 g/mol. The minimum Gasteiger partial charge on any atom is -0.497 e. The summed E-state index contributed by atoms with van der Waals surface area (Å²) in [5.41, 5.74) is 2.06. The quantitative estimate of drug-likeness (QED) is 0.825. The Morgan fingerprint density at radius 3 is 2.82 bits per heavy atom. The molecule has 4 rings (SSSR count). The Balaban J connectivity index is 1.36. The van der Waals surface area contributed by atoms with Crippen molar-refractivity contribution in [2.45, 2.75) is 44.8 Å². The molecule has 0 saturated heterocycles. The Kier molecular flexibility index (Phi) is 5.70. The summed E-state index contributed by atoms with van der Waals surface area (Å²) in [5.74, 6) is 2.27. The lowest BCUT2D eigenvalue weighted by atomic mass is 9.96. The largest absolute Gasteiger partial charge is 0.497 e. The van der Waals surface area contributed by atoms with Crippen LogP contribution in [0.4, 0.5) is 0 Å². The average Bonchev–Trinajstić information content (AvgIpc) is 3.25. The Hall–Kier alpha value is -2.69. The molecule has 1 amide bonds. The Morgan fingerprint density at radius 1 is 1.18 bits per heavy atom. The molecule has 1 atom stereocenters. The van der Waals surface area contributed by atoms with Crippen LogP contribution in [0.25, 0.3) is 0 Å². The van der Waals surface area contributed by atoms with Crippen molar-refractivity contribution in [3.63, 3.8) is 0 Å². The van der Waals surface area contributed by atoms with Crippen molar-refractivity contribution in [3.8, 4) is 17.2 Å². The predicted molar refractivity (Wildman–Crippen MR) is 107 cm³/mol. The lowest BCUT2D eigenvalue weighted by molar-refractivity contribution is -0.126. The molecular weight excluding hydrogens is 354 g/mol. The Labute approximate surface area is 166 Å². The molecule has 148 valence electrons. The van der Waals surface area contributed by atoms with Crippen molar-refractivity contribution in [1.29, 1.82) is 0 Å². The zero-order valence-electron chi connectivity index (χ0n) is 16.3. The van der Waals surface area contributed by atoms with Gasteiger partial charge in [0, 0.05) is 18.2 Å². The summed E-state index contributed by atoms with van der Waals surface area (Å²) in [6, 6.07) is 13.7. The fraction of sp³-hybridized carbons (Fsp3) is 0.435. The van der Waals surface area contributed by atoms with Crippen molar-refractivity contribution in [1.82, 2.24) is 5.32 Å². The van der Waals surface area contributed by atoms with Gasteiger partial charge < -0.3 is 19.5 Å². The van der Waals surface area contributed by atoms with Crippen LogP contribution in [-0.4, -0.2) is 25.7 Å². The molecule has 0 radical (unpaired) electrons. The standard InChI is InChI=1S/C23H27NO4/c1-26-20-11-10-16-12-18(15-27-22(16)13-20)23(25)24-14-17-6-2-5-9-21(17)28-19-7-3-4-8-19/h2,5-6,9-11,13,18-19H,3-4,7-8,12,14-15H2,1H3,(H,24,25). The number of carbonyl (C=O) groups excluding carboxylic acids is 1. The first-order valence-electron chi connectivity index (χ1n) is 10.0. The summed E-state index contributed by atoms with van der Waals surface area (Å²) in [5, 5.41) is 3.06. The number of carbonyl (C=O) groups is 1. The van der Waals surface area contributed by atoms with Gasteiger partial charge in [-0.1, -0.05) is 24.3 Å². The van der Waals surface area contributed by atoms with Gasteiger partial charge in [0.1, 0.15) is 23.9 Å². The molecule has 1 aliphatic heterocycles. The highest BCUT2D eigenvalue weighted by Gasteiger charge is 2.26. The molecule has 1 N–H and O–H groups in total. The highest BCUT2D eigenvalue weighted by Crippen LogP contribution is 2.31. The van der Waals surface area contributed by atoms with Gasteiger partial charge in [0.05, 0.1) is 19.1 Å². The molecule has 5 heteroatoms. The van der Waals surface area contributed by atoms with Crippen molar-refractivity contribution in [2.24, 2.45) is 5.92 Å². The fourth-order valence-corrected chi connectivity index (χ4v) is 3.93. The number of benzene rings is 2. The maximum atomic E-state index is 12.7. The van der Waals surface area contributed by atoms with Gasteiger partial charge in [-0.05, 0) is 49.8 Å². The number of hydrogen-bond acceptors (Lipinski definition) is 4. The van der Waals surface area contributed by atoms with Gasteiger partial charge in [0.25, 0.3) is 0 Å². The summed E-state index contributed by atoms with van der Waals surface area (Å²) in [4.78, 5) is 12.7. The number of para-hydroxylation sites is 1. The van der Waals surface area contributed by atoms with Crippen LogP contribution in [0, 0.1) is 5.92 Å². The second kappa shape index (κ2) is 8.55. The van der Waals surface area contributed by atoms with Gasteiger partial charge in [-0.2, -0.15) is 0 Å². The molecule has 28 heavy (non-hydrogen) atoms. The van der Waals surface area contributed by atoms with E-state index in [9.17, 15) is 4.79 Å². The molecule has 1 fully saturated rings. The van der Waals surface area contributed by atoms with Crippen LogP contribution in [0.5, 0.6) is 17.2 Å². The van der Waals surface area contributed by atoms with Gasteiger partial charge in [0.15, 0.2) is 0 Å². The molecule has 2 aliphatic rings. The average molecular weight is 381 g/mol. The summed E-state index contributed by atoms with van der Waals surface area (Å²) in [6.07, 6.45) is 5.68. The smallest absolute Gasteiger partial charge is 0.227 e. The lowest BCUT2D eigenvalue weighted by Gasteiger charge is -2.25. The normalized spacial score (nSPS) is 18.8. The van der Waals surface area contributed by atoms with Crippen molar-refractivity contribution < 1.29 is 19.0 Å². The number of hydrogen-bond donors (Lipinski definition) is 1. The van der Waals surface area contributed by atoms with Crippen LogP contribution in [0.1, 0.15) is 36.8 Å². The number of amides is 1. The third kappa shape index (κ3) is 4.24. The Bertz CT molecular complexity index is 829. The zero-order valence-corrected chi connectivity index (χ0v) is 16.3. The van der Waals surface area contributed by atoms with Crippen molar-refractivity contribution in [3.05, 3.63) is 53.6 Å². The summed E-state index contributed by atoms with van der Waals surface area (Å²) in [7, 11) is 1.63. The molecule has 1 heterocycles. The Morgan fingerprint density at radius 2 is 2.00 bits per heavy atom. The first-order chi connectivity index (χ1) is 13.7. The van der Waals surface area contributed by atoms with Gasteiger partial charge >= 0.3 is 0 Å². The SMILES string of the molecule is COc1ccc2c(c1)OCC(C(=O)NCc1ccccc1OC1CCCC1)C2. The zero-order chi connectivity index (χ0) is 19.3. The molecule has 1 saturated carbocycles. The molecule has 0 bridgehead atoms. The van der Waals surface area contributed by atoms with E-state index in [2.05, 4.69) is 5.32 Å². The minimum atomic E-state index is -0.191. The van der Waals surface area contributed by atoms with E-state index in [1.165, 1.54) is 12.8 Å². The van der Waals surface area contributed by atoms with E-state index < -0.39 is 0 Å². The van der Waals surface area contributed by atoms with E-state index in [0.29, 0.717) is 25.7 Å². The molecular formula is C23H27NO4. The third-order valence-electron chi connectivity index (χ3n) is 5.57. The molecule has 2 aromatic carbocycles. The third-order valence-corrected chi connectivity index (χ3v) is 5.57. The first-order valence-corrected chi connectivity index (χ1v) is 10.0. The summed E-state index contributed by atoms with van der Waals surface area (Å²) < 4.78 is 17.2. The van der Waals surface area contributed by atoms with Crippen molar-refractivity contribution in [2.75, 3.05) is 13.7 Å². The highest BCUT2D eigenvalue weighted by atomic mass is 16.5. The van der Waals surface area contributed by atoms with E-state index in [1.54, 1.807) is 7.11 Å². The highest BCUT2D eigenvalue weighted by molar-refractivity contribution is 5.79. The molecule has 5 nitrogen and oxygen atoms in total. The van der Waals surface area contributed by atoms with Crippen LogP contribution in [0.3, 0.4) is 0 Å². The van der Waals surface area contributed by atoms with Crippen LogP contribution in [0.2, 0.25) is 0 Å². The molecule has 0 spiro atoms.